The number of carbonyl (C=O) groups is 1. The van der Waals surface area contributed by atoms with Gasteiger partial charge in [0.15, 0.2) is 0 Å². The number of nitrogens with one attached hydrogen (secondary N) is 1. The van der Waals surface area contributed by atoms with Crippen molar-refractivity contribution in [3.8, 4) is 0 Å². The molecule has 0 radical (unpaired) electrons. The Morgan fingerprint density at radius 1 is 0.750 bits per heavy atom. The smallest absolute Gasteiger partial charge is 0.411 e. The van der Waals surface area contributed by atoms with E-state index in [1.807, 2.05) is 30.3 Å². The summed E-state index contributed by atoms with van der Waals surface area (Å²) in [6.45, 7) is 2.34. The molecule has 6 rings (SSSR count). The molecule has 2 atom stereocenters. The highest BCUT2D eigenvalue weighted by molar-refractivity contribution is 5.86. The van der Waals surface area contributed by atoms with Crippen LogP contribution in [0.3, 0.4) is 0 Å². The third-order valence-electron chi connectivity index (χ3n) is 7.47. The van der Waals surface area contributed by atoms with Crippen LogP contribution >= 0.6 is 0 Å². The molecule has 0 aliphatic carbocycles. The molecule has 0 saturated carbocycles. The van der Waals surface area contributed by atoms with Crippen molar-refractivity contribution in [3.63, 3.8) is 0 Å². The van der Waals surface area contributed by atoms with Crippen LogP contribution in [0.25, 0.3) is 0 Å². The minimum atomic E-state index is -0.429. The molecule has 4 nitrogen and oxygen atoms in total. The molecule has 36 heavy (non-hydrogen) atoms. The highest BCUT2D eigenvalue weighted by Crippen LogP contribution is 2.49. The number of nitrogens with zero attached hydrogens (tertiary/aromatic N) is 1. The maximum Gasteiger partial charge on any atom is 0.411 e. The van der Waals surface area contributed by atoms with E-state index in [1.165, 1.54) is 27.9 Å². The van der Waals surface area contributed by atoms with Crippen molar-refractivity contribution in [2.45, 2.75) is 31.3 Å². The van der Waals surface area contributed by atoms with Gasteiger partial charge in [-0.25, -0.2) is 4.79 Å². The minimum Gasteiger partial charge on any atom is -0.444 e. The molecular weight excluding hydrogens is 444 g/mol. The van der Waals surface area contributed by atoms with Gasteiger partial charge in [0.25, 0.3) is 0 Å². The molecule has 0 spiro atoms. The Bertz CT molecular complexity index is 1270. The third-order valence-corrected chi connectivity index (χ3v) is 7.47. The van der Waals surface area contributed by atoms with Crippen LogP contribution in [0.1, 0.15) is 52.5 Å². The van der Waals surface area contributed by atoms with Crippen LogP contribution in [0.2, 0.25) is 0 Å². The van der Waals surface area contributed by atoms with Crippen molar-refractivity contribution in [1.82, 2.24) is 0 Å². The highest BCUT2D eigenvalue weighted by Gasteiger charge is 2.35. The standard InChI is InChI=1S/C32H30N2O2/c35-32(36-22-23-10-4-1-5-11-23)33-26-20-29-27(24-12-6-2-7-13-24)16-18-34-19-17-28(30(21-26)31(29)34)25-14-8-3-9-15-25/h1-15,20-21,27-28H,16-19,22H2,(H,33,35). The van der Waals surface area contributed by atoms with Gasteiger partial charge in [0.05, 0.1) is 0 Å². The lowest BCUT2D eigenvalue weighted by Crippen LogP contribution is -2.37. The number of amides is 1. The molecule has 1 N–H and O–H groups in total. The quantitative estimate of drug-likeness (QED) is 0.330. The first-order valence-electron chi connectivity index (χ1n) is 12.8. The Hall–Kier alpha value is -4.05. The monoisotopic (exact) mass is 474 g/mol. The third kappa shape index (κ3) is 4.47. The second kappa shape index (κ2) is 9.90. The SMILES string of the molecule is O=C(Nc1cc2c3c(c1)C(c1ccccc1)CCN3CCC2c1ccccc1)OCc1ccccc1. The summed E-state index contributed by atoms with van der Waals surface area (Å²) in [4.78, 5) is 15.3. The van der Waals surface area contributed by atoms with Gasteiger partial charge in [0, 0.05) is 36.3 Å². The predicted molar refractivity (Wildman–Crippen MR) is 145 cm³/mol. The van der Waals surface area contributed by atoms with Crippen LogP contribution in [0.15, 0.2) is 103 Å². The zero-order valence-corrected chi connectivity index (χ0v) is 20.3. The lowest BCUT2D eigenvalue weighted by molar-refractivity contribution is 0.155. The number of benzene rings is 4. The van der Waals surface area contributed by atoms with Crippen molar-refractivity contribution in [1.29, 1.82) is 0 Å². The average molecular weight is 475 g/mol. The predicted octanol–water partition coefficient (Wildman–Crippen LogP) is 7.31. The fourth-order valence-corrected chi connectivity index (χ4v) is 5.81. The van der Waals surface area contributed by atoms with E-state index in [4.69, 9.17) is 4.74 Å². The van der Waals surface area contributed by atoms with Crippen molar-refractivity contribution in [2.75, 3.05) is 23.3 Å². The molecule has 2 aliphatic heterocycles. The molecule has 2 aliphatic rings. The van der Waals surface area contributed by atoms with Crippen LogP contribution in [-0.2, 0) is 11.3 Å². The van der Waals surface area contributed by atoms with Crippen LogP contribution in [0, 0.1) is 0 Å². The molecular formula is C32H30N2O2. The summed E-state index contributed by atoms with van der Waals surface area (Å²) in [5, 5.41) is 3.04. The minimum absolute atomic E-state index is 0.248. The van der Waals surface area contributed by atoms with Gasteiger partial charge in [-0.05, 0) is 52.8 Å². The number of hydrogen-bond acceptors (Lipinski definition) is 3. The maximum absolute atomic E-state index is 12.8. The first-order chi connectivity index (χ1) is 17.8. The van der Waals surface area contributed by atoms with Gasteiger partial charge in [-0.1, -0.05) is 91.0 Å². The summed E-state index contributed by atoms with van der Waals surface area (Å²) in [6, 6.07) is 35.6. The second-order valence-corrected chi connectivity index (χ2v) is 9.68. The Morgan fingerprint density at radius 2 is 1.25 bits per heavy atom. The van der Waals surface area contributed by atoms with E-state index in [0.717, 1.165) is 37.2 Å². The van der Waals surface area contributed by atoms with Crippen molar-refractivity contribution < 1.29 is 9.53 Å². The van der Waals surface area contributed by atoms with E-state index >= 15 is 0 Å². The van der Waals surface area contributed by atoms with Gasteiger partial charge in [-0.3, -0.25) is 5.32 Å². The number of anilines is 2. The van der Waals surface area contributed by atoms with Crippen LogP contribution in [0.5, 0.6) is 0 Å². The summed E-state index contributed by atoms with van der Waals surface area (Å²) in [5.74, 6) is 0.598. The Labute approximate surface area is 212 Å². The van der Waals surface area contributed by atoms with Crippen LogP contribution in [0.4, 0.5) is 16.2 Å². The van der Waals surface area contributed by atoms with Gasteiger partial charge < -0.3 is 9.64 Å². The summed E-state index contributed by atoms with van der Waals surface area (Å²) >= 11 is 0. The number of carbonyl (C=O) groups excluding carboxylic acids is 1. The van der Waals surface area contributed by atoms with Gasteiger partial charge in [-0.15, -0.1) is 0 Å². The molecule has 1 amide bonds. The normalized spacial score (nSPS) is 18.3. The molecule has 180 valence electrons. The van der Waals surface area contributed by atoms with Gasteiger partial charge in [0.1, 0.15) is 6.61 Å². The largest absolute Gasteiger partial charge is 0.444 e. The molecule has 2 unspecified atom stereocenters. The lowest BCUT2D eigenvalue weighted by Gasteiger charge is -2.43. The second-order valence-electron chi connectivity index (χ2n) is 9.68. The molecule has 0 saturated heterocycles. The van der Waals surface area contributed by atoms with E-state index in [9.17, 15) is 4.79 Å². The number of ether oxygens (including phenoxy) is 1. The summed E-state index contributed by atoms with van der Waals surface area (Å²) in [5.41, 5.74) is 8.35. The van der Waals surface area contributed by atoms with E-state index in [2.05, 4.69) is 83.0 Å². The zero-order chi connectivity index (χ0) is 24.3. The molecule has 0 fully saturated rings. The zero-order valence-electron chi connectivity index (χ0n) is 20.3. The molecule has 4 aromatic carbocycles. The summed E-state index contributed by atoms with van der Waals surface area (Å²) in [6.07, 6.45) is 1.70. The Balaban J connectivity index is 1.37. The first-order valence-corrected chi connectivity index (χ1v) is 12.8. The molecule has 2 heterocycles. The van der Waals surface area contributed by atoms with Crippen molar-refractivity contribution in [2.24, 2.45) is 0 Å². The average Bonchev–Trinajstić information content (AvgIpc) is 2.94. The van der Waals surface area contributed by atoms with Crippen LogP contribution < -0.4 is 10.2 Å². The first kappa shape index (κ1) is 22.4. The molecule has 4 aromatic rings. The van der Waals surface area contributed by atoms with Crippen molar-refractivity contribution in [3.05, 3.63) is 131 Å². The topological polar surface area (TPSA) is 41.6 Å². The summed E-state index contributed by atoms with van der Waals surface area (Å²) in [7, 11) is 0. The molecule has 0 bridgehead atoms. The molecule has 0 aromatic heterocycles. The maximum atomic E-state index is 12.8. The fourth-order valence-electron chi connectivity index (χ4n) is 5.81. The van der Waals surface area contributed by atoms with Crippen molar-refractivity contribution >= 4 is 17.5 Å². The van der Waals surface area contributed by atoms with Gasteiger partial charge in [0.2, 0.25) is 0 Å². The number of rotatable bonds is 5. The van der Waals surface area contributed by atoms with E-state index in [-0.39, 0.29) is 6.61 Å². The van der Waals surface area contributed by atoms with Gasteiger partial charge >= 0.3 is 6.09 Å². The van der Waals surface area contributed by atoms with E-state index in [0.29, 0.717) is 11.8 Å². The lowest BCUT2D eigenvalue weighted by atomic mass is 9.76. The van der Waals surface area contributed by atoms with E-state index < -0.39 is 6.09 Å². The van der Waals surface area contributed by atoms with Crippen LogP contribution in [-0.4, -0.2) is 19.2 Å². The highest BCUT2D eigenvalue weighted by atomic mass is 16.5. The fraction of sp³-hybridized carbons (Fsp3) is 0.219. The number of hydrogen-bond donors (Lipinski definition) is 1. The summed E-state index contributed by atoms with van der Waals surface area (Å²) < 4.78 is 5.55. The van der Waals surface area contributed by atoms with E-state index in [1.54, 1.807) is 0 Å². The Kier molecular flexibility index (Phi) is 6.17. The Morgan fingerprint density at radius 3 is 1.78 bits per heavy atom. The van der Waals surface area contributed by atoms with Gasteiger partial charge in [-0.2, -0.15) is 0 Å². The molecule has 4 heteroatoms.